The zero-order valence-electron chi connectivity index (χ0n) is 10.5. The second-order valence-electron chi connectivity index (χ2n) is 4.80. The highest BCUT2D eigenvalue weighted by Crippen LogP contribution is 2.19. The molecular formula is C11H22N2O4S. The van der Waals surface area contributed by atoms with Crippen LogP contribution in [0.3, 0.4) is 0 Å². The van der Waals surface area contributed by atoms with Crippen LogP contribution in [0.5, 0.6) is 0 Å². The lowest BCUT2D eigenvalue weighted by Gasteiger charge is -2.22. The number of carboxylic acid groups (broad SMARTS) is 1. The summed E-state index contributed by atoms with van der Waals surface area (Å²) in [6.07, 6.45) is 2.79. The second-order valence-corrected chi connectivity index (χ2v) is 7.24. The number of ether oxygens (including phenoxy) is 1. The molecule has 1 saturated heterocycles. The van der Waals surface area contributed by atoms with Crippen molar-refractivity contribution >= 4 is 15.7 Å². The van der Waals surface area contributed by atoms with Gasteiger partial charge in [0.1, 0.15) is 6.04 Å². The highest BCUT2D eigenvalue weighted by molar-refractivity contribution is 7.92. The Hall–Kier alpha value is -0.660. The second kappa shape index (κ2) is 7.06. The fraction of sp³-hybridized carbons (Fsp3) is 0.909. The summed E-state index contributed by atoms with van der Waals surface area (Å²) in [5, 5.41) is 8.62. The topological polar surface area (TPSA) is 113 Å². The minimum atomic E-state index is -2.69. The summed E-state index contributed by atoms with van der Waals surface area (Å²) < 4.78 is 24.9. The van der Waals surface area contributed by atoms with E-state index in [0.717, 1.165) is 32.5 Å². The fourth-order valence-electron chi connectivity index (χ4n) is 1.93. The van der Waals surface area contributed by atoms with Gasteiger partial charge < -0.3 is 15.6 Å². The molecule has 0 aromatic rings. The fourth-order valence-corrected chi connectivity index (χ4v) is 3.49. The van der Waals surface area contributed by atoms with Crippen LogP contribution in [0, 0.1) is 10.7 Å². The van der Waals surface area contributed by atoms with Gasteiger partial charge in [-0.15, -0.1) is 0 Å². The van der Waals surface area contributed by atoms with Crippen LogP contribution in [0.15, 0.2) is 0 Å². The Kier molecular flexibility index (Phi) is 6.04. The van der Waals surface area contributed by atoms with Gasteiger partial charge in [-0.05, 0) is 31.6 Å². The number of nitrogens with two attached hydrogens (primary N) is 1. The first-order valence-corrected chi connectivity index (χ1v) is 8.10. The molecule has 1 heterocycles. The standard InChI is InChI=1S/C11H22N2O4S/c12-10(11(14)15)4-8-18(13,16)7-3-9-1-5-17-6-2-9/h9-10,13H,1-8,12H2,(H,14,15)/t10-,18?/m0/s1. The lowest BCUT2D eigenvalue weighted by atomic mass is 9.98. The number of nitrogens with one attached hydrogen (secondary N) is 1. The highest BCUT2D eigenvalue weighted by atomic mass is 32.2. The van der Waals surface area contributed by atoms with Crippen molar-refractivity contribution in [2.75, 3.05) is 24.7 Å². The van der Waals surface area contributed by atoms with Gasteiger partial charge >= 0.3 is 5.97 Å². The predicted octanol–water partition coefficient (Wildman–Crippen LogP) is 0.652. The van der Waals surface area contributed by atoms with E-state index in [0.29, 0.717) is 11.7 Å². The van der Waals surface area contributed by atoms with Crippen molar-refractivity contribution in [3.8, 4) is 0 Å². The van der Waals surface area contributed by atoms with Crippen molar-refractivity contribution in [1.29, 1.82) is 4.78 Å². The Morgan fingerprint density at radius 2 is 2.06 bits per heavy atom. The maximum absolute atomic E-state index is 11.9. The Labute approximate surface area is 108 Å². The van der Waals surface area contributed by atoms with E-state index >= 15 is 0 Å². The maximum atomic E-state index is 11.9. The predicted molar refractivity (Wildman–Crippen MR) is 69.0 cm³/mol. The van der Waals surface area contributed by atoms with E-state index in [1.165, 1.54) is 0 Å². The van der Waals surface area contributed by atoms with Crippen LogP contribution < -0.4 is 5.73 Å². The van der Waals surface area contributed by atoms with Crippen molar-refractivity contribution in [2.45, 2.75) is 31.7 Å². The number of rotatable bonds is 7. The third-order valence-corrected chi connectivity index (χ3v) is 5.06. The van der Waals surface area contributed by atoms with Crippen LogP contribution in [0.25, 0.3) is 0 Å². The van der Waals surface area contributed by atoms with Crippen LogP contribution in [0.4, 0.5) is 0 Å². The van der Waals surface area contributed by atoms with Gasteiger partial charge in [0.15, 0.2) is 0 Å². The molecule has 0 aliphatic carbocycles. The van der Waals surface area contributed by atoms with Gasteiger partial charge in [-0.25, -0.2) is 4.21 Å². The van der Waals surface area contributed by atoms with Crippen LogP contribution in [-0.4, -0.2) is 46.0 Å². The first-order chi connectivity index (χ1) is 8.41. The third kappa shape index (κ3) is 5.79. The number of hydrogen-bond acceptors (Lipinski definition) is 5. The third-order valence-electron chi connectivity index (χ3n) is 3.27. The van der Waals surface area contributed by atoms with Crippen LogP contribution in [0.2, 0.25) is 0 Å². The number of carboxylic acids is 1. The summed E-state index contributed by atoms with van der Waals surface area (Å²) in [6, 6.07) is -1.01. The lowest BCUT2D eigenvalue weighted by Crippen LogP contribution is -2.32. The van der Waals surface area contributed by atoms with Gasteiger partial charge in [0, 0.05) is 34.4 Å². The van der Waals surface area contributed by atoms with Crippen molar-refractivity contribution in [3.05, 3.63) is 0 Å². The minimum absolute atomic E-state index is 0.0731. The van der Waals surface area contributed by atoms with Gasteiger partial charge in [0.25, 0.3) is 0 Å². The molecular weight excluding hydrogens is 256 g/mol. The van der Waals surface area contributed by atoms with E-state index in [-0.39, 0.29) is 12.2 Å². The minimum Gasteiger partial charge on any atom is -0.480 e. The molecule has 1 aliphatic rings. The highest BCUT2D eigenvalue weighted by Gasteiger charge is 2.18. The zero-order chi connectivity index (χ0) is 13.6. The van der Waals surface area contributed by atoms with Gasteiger partial charge in [-0.1, -0.05) is 0 Å². The molecule has 18 heavy (non-hydrogen) atoms. The van der Waals surface area contributed by atoms with E-state index in [9.17, 15) is 9.00 Å². The molecule has 1 fully saturated rings. The Balaban J connectivity index is 2.28. The van der Waals surface area contributed by atoms with Gasteiger partial charge in [-0.3, -0.25) is 9.57 Å². The molecule has 1 aliphatic heterocycles. The van der Waals surface area contributed by atoms with Crippen LogP contribution in [-0.2, 0) is 19.3 Å². The summed E-state index contributed by atoms with van der Waals surface area (Å²) in [6.45, 7) is 1.49. The first-order valence-electron chi connectivity index (χ1n) is 6.21. The average molecular weight is 278 g/mol. The van der Waals surface area contributed by atoms with E-state index < -0.39 is 21.7 Å². The molecule has 0 aromatic heterocycles. The van der Waals surface area contributed by atoms with Crippen molar-refractivity contribution in [3.63, 3.8) is 0 Å². The molecule has 2 atom stereocenters. The van der Waals surface area contributed by atoms with Crippen LogP contribution in [0.1, 0.15) is 25.7 Å². The molecule has 0 radical (unpaired) electrons. The quantitative estimate of drug-likeness (QED) is 0.633. The SMILES string of the molecule is N=S(=O)(CCC1CCOCC1)CC[C@H](N)C(=O)O. The van der Waals surface area contributed by atoms with Crippen LogP contribution >= 0.6 is 0 Å². The van der Waals surface area contributed by atoms with Crippen molar-refractivity contribution in [2.24, 2.45) is 11.7 Å². The molecule has 0 aromatic carbocycles. The first kappa shape index (κ1) is 15.4. The molecule has 0 bridgehead atoms. The lowest BCUT2D eigenvalue weighted by molar-refractivity contribution is -0.138. The Morgan fingerprint density at radius 3 is 2.61 bits per heavy atom. The molecule has 6 nitrogen and oxygen atoms in total. The summed E-state index contributed by atoms with van der Waals surface area (Å²) in [5.41, 5.74) is 5.34. The average Bonchev–Trinajstić information content (AvgIpc) is 2.35. The molecule has 1 unspecified atom stereocenters. The monoisotopic (exact) mass is 278 g/mol. The van der Waals surface area contributed by atoms with E-state index in [1.807, 2.05) is 0 Å². The van der Waals surface area contributed by atoms with E-state index in [1.54, 1.807) is 0 Å². The maximum Gasteiger partial charge on any atom is 0.320 e. The van der Waals surface area contributed by atoms with E-state index in [4.69, 9.17) is 20.4 Å². The summed E-state index contributed by atoms with van der Waals surface area (Å²) in [7, 11) is -2.69. The van der Waals surface area contributed by atoms with E-state index in [2.05, 4.69) is 0 Å². The smallest absolute Gasteiger partial charge is 0.320 e. The number of carbonyl (C=O) groups is 1. The van der Waals surface area contributed by atoms with Crippen molar-refractivity contribution in [1.82, 2.24) is 0 Å². The summed E-state index contributed by atoms with van der Waals surface area (Å²) in [5.74, 6) is -0.207. The van der Waals surface area contributed by atoms with Crippen molar-refractivity contribution < 1.29 is 18.8 Å². The summed E-state index contributed by atoms with van der Waals surface area (Å²) >= 11 is 0. The molecule has 1 rings (SSSR count). The molecule has 106 valence electrons. The molecule has 4 N–H and O–H groups in total. The molecule has 0 spiro atoms. The Morgan fingerprint density at radius 1 is 1.44 bits per heavy atom. The van der Waals surface area contributed by atoms with Gasteiger partial charge in [0.05, 0.1) is 0 Å². The molecule has 0 saturated carbocycles. The van der Waals surface area contributed by atoms with Gasteiger partial charge in [-0.2, -0.15) is 0 Å². The summed E-state index contributed by atoms with van der Waals surface area (Å²) in [4.78, 5) is 10.5. The van der Waals surface area contributed by atoms with Gasteiger partial charge in [0.2, 0.25) is 0 Å². The number of hydrogen-bond donors (Lipinski definition) is 3. The largest absolute Gasteiger partial charge is 0.480 e. The molecule has 7 heteroatoms. The zero-order valence-corrected chi connectivity index (χ0v) is 11.3. The number of aliphatic carboxylic acids is 1. The Bertz CT molecular complexity index is 363. The molecule has 0 amide bonds. The normalized spacial score (nSPS) is 22.3.